The van der Waals surface area contributed by atoms with Crippen molar-refractivity contribution in [1.29, 1.82) is 0 Å². The minimum absolute atomic E-state index is 0.0751. The molecule has 4 rings (SSSR count). The number of aromatic nitrogens is 2. The van der Waals surface area contributed by atoms with Crippen LogP contribution < -0.4 is 32.5 Å². The van der Waals surface area contributed by atoms with Crippen LogP contribution in [0.5, 0.6) is 5.75 Å². The Morgan fingerprint density at radius 3 is 2.57 bits per heavy atom. The van der Waals surface area contributed by atoms with Gasteiger partial charge in [-0.15, -0.1) is 0 Å². The Bertz CT molecular complexity index is 1120. The summed E-state index contributed by atoms with van der Waals surface area (Å²) in [7, 11) is 1.25. The van der Waals surface area contributed by atoms with Crippen LogP contribution in [0.2, 0.25) is 0 Å². The van der Waals surface area contributed by atoms with Crippen molar-refractivity contribution in [2.75, 3.05) is 30.9 Å². The van der Waals surface area contributed by atoms with Gasteiger partial charge in [0.1, 0.15) is 11.2 Å². The van der Waals surface area contributed by atoms with E-state index in [0.717, 1.165) is 6.07 Å². The van der Waals surface area contributed by atoms with Gasteiger partial charge in [-0.2, -0.15) is 4.68 Å². The molecule has 1 aliphatic heterocycles. The first-order valence-electron chi connectivity index (χ1n) is 9.78. The summed E-state index contributed by atoms with van der Waals surface area (Å²) in [4.78, 5) is 26.4. The van der Waals surface area contributed by atoms with Crippen molar-refractivity contribution in [3.05, 3.63) is 32.7 Å². The zero-order valence-corrected chi connectivity index (χ0v) is 16.7. The molecule has 8 nitrogen and oxygen atoms in total. The fourth-order valence-corrected chi connectivity index (χ4v) is 4.31. The molecule has 2 fully saturated rings. The van der Waals surface area contributed by atoms with Gasteiger partial charge < -0.3 is 21.2 Å². The van der Waals surface area contributed by atoms with Gasteiger partial charge in [0.25, 0.3) is 11.5 Å². The normalized spacial score (nSPS) is 21.9. The average Bonchev–Trinajstić information content (AvgIpc) is 3.45. The van der Waals surface area contributed by atoms with Crippen molar-refractivity contribution in [3.8, 4) is 5.75 Å². The summed E-state index contributed by atoms with van der Waals surface area (Å²) in [6, 6.07) is 0.287. The molecule has 11 heteroatoms. The zero-order valence-electron chi connectivity index (χ0n) is 16.7. The van der Waals surface area contributed by atoms with Gasteiger partial charge >= 0.3 is 5.69 Å². The second kappa shape index (κ2) is 6.93. The molecular weight excluding hydrogens is 403 g/mol. The predicted octanol–water partition coefficient (Wildman–Crippen LogP) is 1.17. The van der Waals surface area contributed by atoms with Crippen LogP contribution >= 0.6 is 0 Å². The molecule has 0 amide bonds. The lowest BCUT2D eigenvalue weighted by Gasteiger charge is -2.24. The summed E-state index contributed by atoms with van der Waals surface area (Å²) in [6.45, 7) is 0.793. The number of fused-ring (bicyclic) bond motifs is 1. The first-order valence-corrected chi connectivity index (χ1v) is 9.78. The first-order chi connectivity index (χ1) is 14.1. The highest BCUT2D eigenvalue weighted by Crippen LogP contribution is 2.46. The van der Waals surface area contributed by atoms with Crippen molar-refractivity contribution in [3.63, 3.8) is 0 Å². The van der Waals surface area contributed by atoms with E-state index in [2.05, 4.69) is 0 Å². The van der Waals surface area contributed by atoms with Gasteiger partial charge in [0, 0.05) is 24.5 Å². The van der Waals surface area contributed by atoms with Crippen LogP contribution in [0.15, 0.2) is 15.7 Å². The standard InChI is InChI=1S/C19H24F3N5O3/c1-9(23)5-10-7-25(8-19(10,21)22)15-13(20)6-12-14(16(15)30-2)26(11-3-4-11)18(29)27(24)17(12)28/h6,9-11H,3-5,7-8,23-24H2,1-2H3. The third-order valence-electron chi connectivity index (χ3n) is 5.81. The average molecular weight is 427 g/mol. The molecule has 1 saturated carbocycles. The monoisotopic (exact) mass is 427 g/mol. The molecule has 1 aromatic heterocycles. The molecule has 0 spiro atoms. The highest BCUT2D eigenvalue weighted by Gasteiger charge is 2.49. The minimum atomic E-state index is -3.07. The van der Waals surface area contributed by atoms with Crippen molar-refractivity contribution in [2.24, 2.45) is 11.7 Å². The fourth-order valence-electron chi connectivity index (χ4n) is 4.31. The Balaban J connectivity index is 1.95. The fraction of sp³-hybridized carbons (Fsp3) is 0.579. The Hall–Kier alpha value is -2.69. The second-order valence-corrected chi connectivity index (χ2v) is 8.25. The lowest BCUT2D eigenvalue weighted by molar-refractivity contribution is -0.0250. The Morgan fingerprint density at radius 2 is 2.00 bits per heavy atom. The number of anilines is 1. The molecule has 2 aromatic rings. The van der Waals surface area contributed by atoms with E-state index in [1.807, 2.05) is 0 Å². The Labute approximate surface area is 169 Å². The predicted molar refractivity (Wildman–Crippen MR) is 106 cm³/mol. The number of nitrogen functional groups attached to an aromatic ring is 1. The summed E-state index contributed by atoms with van der Waals surface area (Å²) >= 11 is 0. The van der Waals surface area contributed by atoms with Gasteiger partial charge in [-0.25, -0.2) is 18.0 Å². The summed E-state index contributed by atoms with van der Waals surface area (Å²) in [5, 5.41) is -0.139. The summed E-state index contributed by atoms with van der Waals surface area (Å²) in [6.07, 6.45) is 1.44. The molecular formula is C19H24F3N5O3. The maximum atomic E-state index is 15.2. The molecule has 4 N–H and O–H groups in total. The van der Waals surface area contributed by atoms with Crippen molar-refractivity contribution >= 4 is 16.6 Å². The molecule has 1 aliphatic carbocycles. The Morgan fingerprint density at radius 1 is 1.33 bits per heavy atom. The van der Waals surface area contributed by atoms with Gasteiger partial charge in [0.05, 0.1) is 19.0 Å². The summed E-state index contributed by atoms with van der Waals surface area (Å²) in [5.41, 5.74) is 3.95. The molecule has 0 bridgehead atoms. The van der Waals surface area contributed by atoms with E-state index in [0.29, 0.717) is 17.5 Å². The van der Waals surface area contributed by atoms with Crippen LogP contribution in [-0.2, 0) is 0 Å². The molecule has 164 valence electrons. The van der Waals surface area contributed by atoms with Gasteiger partial charge in [0.2, 0.25) is 0 Å². The van der Waals surface area contributed by atoms with Crippen LogP contribution in [0.3, 0.4) is 0 Å². The number of ether oxygens (including phenoxy) is 1. The summed E-state index contributed by atoms with van der Waals surface area (Å²) < 4.78 is 51.5. The highest BCUT2D eigenvalue weighted by molar-refractivity contribution is 5.91. The molecule has 2 heterocycles. The van der Waals surface area contributed by atoms with E-state index in [-0.39, 0.29) is 41.3 Å². The Kier molecular flexibility index (Phi) is 4.75. The number of nitrogens with zero attached hydrogens (tertiary/aromatic N) is 3. The number of benzene rings is 1. The van der Waals surface area contributed by atoms with E-state index in [1.165, 1.54) is 16.6 Å². The second-order valence-electron chi connectivity index (χ2n) is 8.25. The zero-order chi connectivity index (χ0) is 22.0. The van der Waals surface area contributed by atoms with Crippen LogP contribution in [0.1, 0.15) is 32.2 Å². The van der Waals surface area contributed by atoms with E-state index in [9.17, 15) is 18.4 Å². The molecule has 0 radical (unpaired) electrons. The van der Waals surface area contributed by atoms with Gasteiger partial charge in [-0.1, -0.05) is 0 Å². The number of rotatable bonds is 5. The smallest absolute Gasteiger partial charge is 0.350 e. The number of alkyl halides is 2. The van der Waals surface area contributed by atoms with E-state index in [1.54, 1.807) is 6.92 Å². The largest absolute Gasteiger partial charge is 0.492 e. The topological polar surface area (TPSA) is 109 Å². The molecule has 2 atom stereocenters. The first kappa shape index (κ1) is 20.6. The SMILES string of the molecule is COc1c(N2CC(CC(C)N)C(F)(F)C2)c(F)cc2c(=O)n(N)c(=O)n(C3CC3)c12. The maximum Gasteiger partial charge on any atom is 0.350 e. The number of halogens is 3. The van der Waals surface area contributed by atoms with Gasteiger partial charge in [-0.05, 0) is 32.3 Å². The third-order valence-corrected chi connectivity index (χ3v) is 5.81. The van der Waals surface area contributed by atoms with E-state index in [4.69, 9.17) is 16.3 Å². The number of nitrogens with two attached hydrogens (primary N) is 2. The number of hydrogen-bond acceptors (Lipinski definition) is 6. The van der Waals surface area contributed by atoms with Crippen LogP contribution in [0.4, 0.5) is 18.9 Å². The number of hydrogen-bond donors (Lipinski definition) is 2. The van der Waals surface area contributed by atoms with E-state index >= 15 is 4.39 Å². The van der Waals surface area contributed by atoms with Crippen molar-refractivity contribution in [1.82, 2.24) is 9.24 Å². The maximum absolute atomic E-state index is 15.2. The van der Waals surface area contributed by atoms with Crippen molar-refractivity contribution < 1.29 is 17.9 Å². The third kappa shape index (κ3) is 3.11. The molecule has 2 aliphatic rings. The lowest BCUT2D eigenvalue weighted by atomic mass is 9.97. The van der Waals surface area contributed by atoms with Crippen molar-refractivity contribution in [2.45, 2.75) is 44.2 Å². The quantitative estimate of drug-likeness (QED) is 0.694. The molecule has 30 heavy (non-hydrogen) atoms. The summed E-state index contributed by atoms with van der Waals surface area (Å²) in [5.74, 6) is 0.459. The highest BCUT2D eigenvalue weighted by atomic mass is 19.3. The van der Waals surface area contributed by atoms with Crippen LogP contribution in [0, 0.1) is 11.7 Å². The molecule has 2 unspecified atom stereocenters. The van der Waals surface area contributed by atoms with Gasteiger partial charge in [-0.3, -0.25) is 9.36 Å². The molecule has 1 aromatic carbocycles. The van der Waals surface area contributed by atoms with E-state index < -0.39 is 41.5 Å². The minimum Gasteiger partial charge on any atom is -0.492 e. The van der Waals surface area contributed by atoms with Crippen LogP contribution in [-0.4, -0.2) is 41.4 Å². The van der Waals surface area contributed by atoms with Crippen LogP contribution in [0.25, 0.3) is 10.9 Å². The molecule has 1 saturated heterocycles. The lowest BCUT2D eigenvalue weighted by Crippen LogP contribution is -2.44. The van der Waals surface area contributed by atoms with Gasteiger partial charge in [0.15, 0.2) is 11.6 Å². The number of methoxy groups -OCH3 is 1.